The first-order chi connectivity index (χ1) is 13.2. The molecule has 27 heavy (non-hydrogen) atoms. The third-order valence-electron chi connectivity index (χ3n) is 6.27. The largest absolute Gasteiger partial charge is 0.370 e. The average molecular weight is 381 g/mol. The summed E-state index contributed by atoms with van der Waals surface area (Å²) in [6.45, 7) is 6.15. The molecular formula is C23H44N2O2. The SMILES string of the molecule is CCCCCCCC[C@H]1O[C@@H]1CCCCCCCC(=O)N1CCN(C)CC1. The second-order valence-corrected chi connectivity index (χ2v) is 8.76. The normalized spacial score (nSPS) is 23.0. The lowest BCUT2D eigenvalue weighted by Gasteiger charge is -2.32. The molecule has 2 heterocycles. The van der Waals surface area contributed by atoms with Crippen molar-refractivity contribution in [2.45, 2.75) is 109 Å². The highest BCUT2D eigenvalue weighted by molar-refractivity contribution is 5.76. The fourth-order valence-corrected chi connectivity index (χ4v) is 4.18. The number of ether oxygens (including phenoxy) is 1. The monoisotopic (exact) mass is 380 g/mol. The number of nitrogens with zero attached hydrogens (tertiary/aromatic N) is 2. The van der Waals surface area contributed by atoms with E-state index in [4.69, 9.17) is 4.74 Å². The minimum absolute atomic E-state index is 0.368. The number of rotatable bonds is 15. The summed E-state index contributed by atoms with van der Waals surface area (Å²) in [6.07, 6.45) is 18.8. The quantitative estimate of drug-likeness (QED) is 0.296. The smallest absolute Gasteiger partial charge is 0.222 e. The van der Waals surface area contributed by atoms with Gasteiger partial charge >= 0.3 is 0 Å². The molecule has 4 heteroatoms. The topological polar surface area (TPSA) is 36.1 Å². The van der Waals surface area contributed by atoms with Gasteiger partial charge in [0.2, 0.25) is 5.91 Å². The first kappa shape index (κ1) is 22.7. The Morgan fingerprint density at radius 1 is 0.778 bits per heavy atom. The van der Waals surface area contributed by atoms with Gasteiger partial charge in [-0.05, 0) is 26.3 Å². The van der Waals surface area contributed by atoms with Crippen molar-refractivity contribution in [1.82, 2.24) is 9.80 Å². The van der Waals surface area contributed by atoms with Crippen molar-refractivity contribution >= 4 is 5.91 Å². The lowest BCUT2D eigenvalue weighted by molar-refractivity contribution is -0.132. The minimum Gasteiger partial charge on any atom is -0.370 e. The zero-order valence-corrected chi connectivity index (χ0v) is 18.1. The maximum atomic E-state index is 12.2. The van der Waals surface area contributed by atoms with E-state index in [0.717, 1.165) is 39.0 Å². The highest BCUT2D eigenvalue weighted by Crippen LogP contribution is 2.31. The number of hydrogen-bond acceptors (Lipinski definition) is 3. The third kappa shape index (κ3) is 9.94. The van der Waals surface area contributed by atoms with E-state index in [-0.39, 0.29) is 0 Å². The van der Waals surface area contributed by atoms with Crippen LogP contribution in [0, 0.1) is 0 Å². The fraction of sp³-hybridized carbons (Fsp3) is 0.957. The molecule has 0 unspecified atom stereocenters. The van der Waals surface area contributed by atoms with Gasteiger partial charge in [-0.3, -0.25) is 4.79 Å². The van der Waals surface area contributed by atoms with Crippen LogP contribution in [-0.2, 0) is 9.53 Å². The molecule has 2 atom stereocenters. The van der Waals surface area contributed by atoms with Crippen molar-refractivity contribution in [3.05, 3.63) is 0 Å². The Balaban J connectivity index is 1.33. The van der Waals surface area contributed by atoms with Crippen molar-refractivity contribution in [2.24, 2.45) is 0 Å². The minimum atomic E-state index is 0.368. The number of piperazine rings is 1. The first-order valence-corrected chi connectivity index (χ1v) is 11.8. The van der Waals surface area contributed by atoms with Gasteiger partial charge in [-0.2, -0.15) is 0 Å². The van der Waals surface area contributed by atoms with Gasteiger partial charge < -0.3 is 14.5 Å². The summed E-state index contributed by atoms with van der Waals surface area (Å²) in [4.78, 5) is 16.5. The summed E-state index contributed by atoms with van der Waals surface area (Å²) in [7, 11) is 2.13. The molecular weight excluding hydrogens is 336 g/mol. The summed E-state index contributed by atoms with van der Waals surface area (Å²) in [5, 5.41) is 0. The predicted molar refractivity (Wildman–Crippen MR) is 113 cm³/mol. The summed E-state index contributed by atoms with van der Waals surface area (Å²) in [6, 6.07) is 0. The van der Waals surface area contributed by atoms with Gasteiger partial charge in [-0.15, -0.1) is 0 Å². The van der Waals surface area contributed by atoms with Gasteiger partial charge in [0.1, 0.15) is 0 Å². The average Bonchev–Trinajstić information content (AvgIpc) is 3.42. The Hall–Kier alpha value is -0.610. The summed E-state index contributed by atoms with van der Waals surface area (Å²) >= 11 is 0. The number of hydrogen-bond donors (Lipinski definition) is 0. The zero-order chi connectivity index (χ0) is 19.3. The van der Waals surface area contributed by atoms with E-state index < -0.39 is 0 Å². The molecule has 0 radical (unpaired) electrons. The molecule has 0 spiro atoms. The van der Waals surface area contributed by atoms with Crippen molar-refractivity contribution in [3.8, 4) is 0 Å². The second-order valence-electron chi connectivity index (χ2n) is 8.76. The number of carbonyl (C=O) groups excluding carboxylic acids is 1. The van der Waals surface area contributed by atoms with Crippen LogP contribution in [-0.4, -0.2) is 61.1 Å². The maximum absolute atomic E-state index is 12.2. The Morgan fingerprint density at radius 2 is 1.30 bits per heavy atom. The second kappa shape index (κ2) is 13.5. The van der Waals surface area contributed by atoms with Gasteiger partial charge in [-0.1, -0.05) is 71.1 Å². The molecule has 0 aromatic carbocycles. The molecule has 2 rings (SSSR count). The number of epoxide rings is 1. The van der Waals surface area contributed by atoms with E-state index in [0.29, 0.717) is 18.1 Å². The Labute approximate surface area is 168 Å². The molecule has 0 N–H and O–H groups in total. The highest BCUT2D eigenvalue weighted by Gasteiger charge is 2.36. The van der Waals surface area contributed by atoms with Crippen molar-refractivity contribution in [3.63, 3.8) is 0 Å². The van der Waals surface area contributed by atoms with E-state index in [1.165, 1.54) is 77.0 Å². The van der Waals surface area contributed by atoms with Crippen LogP contribution in [0.3, 0.4) is 0 Å². The maximum Gasteiger partial charge on any atom is 0.222 e. The molecule has 2 aliphatic heterocycles. The summed E-state index contributed by atoms with van der Waals surface area (Å²) in [5.41, 5.74) is 0. The van der Waals surface area contributed by atoms with Crippen molar-refractivity contribution in [2.75, 3.05) is 33.2 Å². The van der Waals surface area contributed by atoms with Crippen LogP contribution < -0.4 is 0 Å². The number of unbranched alkanes of at least 4 members (excludes halogenated alkanes) is 9. The zero-order valence-electron chi connectivity index (χ0n) is 18.1. The summed E-state index contributed by atoms with van der Waals surface area (Å²) in [5.74, 6) is 0.368. The lowest BCUT2D eigenvalue weighted by Crippen LogP contribution is -2.47. The van der Waals surface area contributed by atoms with Crippen LogP contribution in [0.4, 0.5) is 0 Å². The molecule has 2 aliphatic rings. The molecule has 158 valence electrons. The van der Waals surface area contributed by atoms with E-state index in [2.05, 4.69) is 18.9 Å². The molecule has 0 aromatic heterocycles. The number of carbonyl (C=O) groups is 1. The van der Waals surface area contributed by atoms with Crippen LogP contribution >= 0.6 is 0 Å². The van der Waals surface area contributed by atoms with Crippen LogP contribution in [0.15, 0.2) is 0 Å². The molecule has 4 nitrogen and oxygen atoms in total. The van der Waals surface area contributed by atoms with Gasteiger partial charge in [0.05, 0.1) is 12.2 Å². The lowest BCUT2D eigenvalue weighted by atomic mass is 10.0. The summed E-state index contributed by atoms with van der Waals surface area (Å²) < 4.78 is 5.82. The van der Waals surface area contributed by atoms with E-state index in [1.807, 2.05) is 4.90 Å². The number of amides is 1. The Morgan fingerprint density at radius 3 is 1.89 bits per heavy atom. The molecule has 0 bridgehead atoms. The predicted octanol–water partition coefficient (Wildman–Crippen LogP) is 5.01. The highest BCUT2D eigenvalue weighted by atomic mass is 16.6. The standard InChI is InChI=1S/C23H44N2O2/c1-3-4-5-6-8-11-14-21-22(27-21)15-12-9-7-10-13-16-23(26)25-19-17-24(2)18-20-25/h21-22H,3-20H2,1-2H3/t21-,22-/m1/s1. The third-order valence-corrected chi connectivity index (χ3v) is 6.27. The molecule has 1 amide bonds. The molecule has 0 aromatic rings. The fourth-order valence-electron chi connectivity index (χ4n) is 4.18. The molecule has 2 saturated heterocycles. The van der Waals surface area contributed by atoms with Gasteiger partial charge in [-0.25, -0.2) is 0 Å². The Kier molecular flexibility index (Phi) is 11.4. The van der Waals surface area contributed by atoms with Gasteiger partial charge in [0.25, 0.3) is 0 Å². The van der Waals surface area contributed by atoms with Crippen LogP contribution in [0.25, 0.3) is 0 Å². The van der Waals surface area contributed by atoms with E-state index in [1.54, 1.807) is 0 Å². The molecule has 2 fully saturated rings. The van der Waals surface area contributed by atoms with E-state index in [9.17, 15) is 4.79 Å². The van der Waals surface area contributed by atoms with Crippen molar-refractivity contribution < 1.29 is 9.53 Å². The first-order valence-electron chi connectivity index (χ1n) is 11.8. The van der Waals surface area contributed by atoms with Crippen molar-refractivity contribution in [1.29, 1.82) is 0 Å². The van der Waals surface area contributed by atoms with Gasteiger partial charge in [0.15, 0.2) is 0 Å². The van der Waals surface area contributed by atoms with Crippen LogP contribution in [0.5, 0.6) is 0 Å². The van der Waals surface area contributed by atoms with Crippen LogP contribution in [0.2, 0.25) is 0 Å². The van der Waals surface area contributed by atoms with Crippen LogP contribution in [0.1, 0.15) is 96.8 Å². The molecule has 0 saturated carbocycles. The Bertz CT molecular complexity index is 394. The van der Waals surface area contributed by atoms with E-state index >= 15 is 0 Å². The van der Waals surface area contributed by atoms with Gasteiger partial charge in [0, 0.05) is 32.6 Å². The number of likely N-dealkylation sites (N-methyl/N-ethyl adjacent to an activating group) is 1. The molecule has 0 aliphatic carbocycles.